The Morgan fingerprint density at radius 2 is 2.06 bits per heavy atom. The largest absolute Gasteiger partial charge is 0.481 e. The fourth-order valence-electron chi connectivity index (χ4n) is 3.75. The number of carboxylic acid groups (broad SMARTS) is 1. The van der Waals surface area contributed by atoms with E-state index in [0.717, 1.165) is 5.56 Å². The third-order valence-corrected chi connectivity index (χ3v) is 5.38. The first-order chi connectivity index (χ1) is 15.5. The first kappa shape index (κ1) is 21.2. The third kappa shape index (κ3) is 4.21. The number of fused-ring (bicyclic) bond motifs is 2. The average molecular weight is 433 g/mol. The molecule has 2 heterocycles. The lowest BCUT2D eigenvalue weighted by molar-refractivity contribution is -0.137. The molecule has 4 rings (SSSR count). The minimum absolute atomic E-state index is 0.0760. The topological polar surface area (TPSA) is 135 Å². The molecule has 2 aromatic carbocycles. The van der Waals surface area contributed by atoms with Crippen LogP contribution in [-0.2, 0) is 11.2 Å². The van der Waals surface area contributed by atoms with E-state index in [1.165, 1.54) is 0 Å². The van der Waals surface area contributed by atoms with E-state index in [-0.39, 0.29) is 13.2 Å². The molecule has 0 unspecified atom stereocenters. The molecule has 3 N–H and O–H groups in total. The summed E-state index contributed by atoms with van der Waals surface area (Å²) in [6.07, 6.45) is 1.01. The summed E-state index contributed by atoms with van der Waals surface area (Å²) in [4.78, 5) is 22.3. The van der Waals surface area contributed by atoms with Gasteiger partial charge in [-0.05, 0) is 43.2 Å². The normalized spacial score (nSPS) is 12.0. The number of carboxylic acids is 1. The van der Waals surface area contributed by atoms with Gasteiger partial charge in [0.1, 0.15) is 6.07 Å². The van der Waals surface area contributed by atoms with Crippen LogP contribution >= 0.6 is 0 Å². The summed E-state index contributed by atoms with van der Waals surface area (Å²) in [6, 6.07) is 11.2. The fourth-order valence-corrected chi connectivity index (χ4v) is 3.75. The minimum Gasteiger partial charge on any atom is -0.481 e. The Morgan fingerprint density at radius 3 is 2.81 bits per heavy atom. The number of rotatable bonds is 8. The molecular weight excluding hydrogens is 410 g/mol. The number of nitrogens with zero attached hydrogens (tertiary/aromatic N) is 4. The zero-order valence-corrected chi connectivity index (χ0v) is 17.7. The highest BCUT2D eigenvalue weighted by Crippen LogP contribution is 2.34. The van der Waals surface area contributed by atoms with Gasteiger partial charge in [-0.1, -0.05) is 6.07 Å². The standard InChI is InChI=1S/C23H23N5O4/c1-2-28(9-3-4-20(29)30)23-26-16-7-6-15(12-24)22(25)21(16)17(27-23)10-14-5-8-18-19(11-14)32-13-31-18/h5-8,11H,2-4,9-10,13,25H2,1H3,(H,29,30). The minimum atomic E-state index is -0.833. The Kier molecular flexibility index (Phi) is 5.94. The lowest BCUT2D eigenvalue weighted by atomic mass is 10.0. The first-order valence-electron chi connectivity index (χ1n) is 10.3. The molecule has 0 saturated carbocycles. The van der Waals surface area contributed by atoms with Crippen LogP contribution in [0.2, 0.25) is 0 Å². The SMILES string of the molecule is CCN(CCCC(=O)O)c1nc(Cc2ccc3c(c2)OCO3)c2c(N)c(C#N)ccc2n1. The van der Waals surface area contributed by atoms with Crippen molar-refractivity contribution in [2.45, 2.75) is 26.2 Å². The molecule has 9 nitrogen and oxygen atoms in total. The lowest BCUT2D eigenvalue weighted by Gasteiger charge is -2.22. The zero-order chi connectivity index (χ0) is 22.7. The van der Waals surface area contributed by atoms with Crippen LogP contribution in [0, 0.1) is 11.3 Å². The van der Waals surface area contributed by atoms with Crippen molar-refractivity contribution in [3.8, 4) is 17.6 Å². The second kappa shape index (κ2) is 8.98. The van der Waals surface area contributed by atoms with Crippen molar-refractivity contribution in [1.82, 2.24) is 9.97 Å². The van der Waals surface area contributed by atoms with Crippen LogP contribution < -0.4 is 20.1 Å². The molecule has 0 radical (unpaired) electrons. The van der Waals surface area contributed by atoms with Gasteiger partial charge in [0.15, 0.2) is 11.5 Å². The summed E-state index contributed by atoms with van der Waals surface area (Å²) in [6.45, 7) is 3.31. The van der Waals surface area contributed by atoms with Crippen LogP contribution in [0.4, 0.5) is 11.6 Å². The molecule has 0 fully saturated rings. The predicted octanol–water partition coefficient (Wildman–Crippen LogP) is 3.09. The van der Waals surface area contributed by atoms with Gasteiger partial charge in [0.2, 0.25) is 12.7 Å². The van der Waals surface area contributed by atoms with Gasteiger partial charge in [-0.25, -0.2) is 9.97 Å². The molecule has 1 aromatic heterocycles. The van der Waals surface area contributed by atoms with Crippen molar-refractivity contribution < 1.29 is 19.4 Å². The highest BCUT2D eigenvalue weighted by Gasteiger charge is 2.19. The van der Waals surface area contributed by atoms with Crippen LogP contribution in [0.15, 0.2) is 30.3 Å². The van der Waals surface area contributed by atoms with E-state index in [9.17, 15) is 10.1 Å². The van der Waals surface area contributed by atoms with Crippen LogP contribution in [0.1, 0.15) is 36.6 Å². The number of aliphatic carboxylic acids is 1. The summed E-state index contributed by atoms with van der Waals surface area (Å²) in [7, 11) is 0. The Balaban J connectivity index is 1.77. The van der Waals surface area contributed by atoms with E-state index >= 15 is 0 Å². The van der Waals surface area contributed by atoms with E-state index in [1.54, 1.807) is 12.1 Å². The van der Waals surface area contributed by atoms with Crippen molar-refractivity contribution in [2.24, 2.45) is 0 Å². The smallest absolute Gasteiger partial charge is 0.303 e. The van der Waals surface area contributed by atoms with Crippen molar-refractivity contribution >= 4 is 28.5 Å². The Morgan fingerprint density at radius 1 is 1.25 bits per heavy atom. The summed E-state index contributed by atoms with van der Waals surface area (Å²) >= 11 is 0. The predicted molar refractivity (Wildman–Crippen MR) is 119 cm³/mol. The number of aromatic nitrogens is 2. The molecule has 0 amide bonds. The number of hydrogen-bond donors (Lipinski definition) is 2. The molecule has 0 bridgehead atoms. The maximum absolute atomic E-state index is 10.9. The summed E-state index contributed by atoms with van der Waals surface area (Å²) in [5.41, 5.74) is 9.32. The molecule has 0 saturated heterocycles. The number of anilines is 2. The number of carbonyl (C=O) groups is 1. The van der Waals surface area contributed by atoms with Crippen LogP contribution in [0.25, 0.3) is 10.9 Å². The fraction of sp³-hybridized carbons (Fsp3) is 0.304. The molecule has 1 aliphatic rings. The molecule has 164 valence electrons. The Hall–Kier alpha value is -4.06. The molecule has 3 aromatic rings. The number of hydrogen-bond acceptors (Lipinski definition) is 8. The number of ether oxygens (including phenoxy) is 2. The van der Waals surface area contributed by atoms with Crippen molar-refractivity contribution in [1.29, 1.82) is 5.26 Å². The van der Waals surface area contributed by atoms with Gasteiger partial charge in [-0.2, -0.15) is 5.26 Å². The van der Waals surface area contributed by atoms with Crippen molar-refractivity contribution in [3.05, 3.63) is 47.2 Å². The van der Waals surface area contributed by atoms with E-state index in [2.05, 4.69) is 11.1 Å². The second-order valence-electron chi connectivity index (χ2n) is 7.44. The molecule has 9 heteroatoms. The van der Waals surface area contributed by atoms with E-state index in [4.69, 9.17) is 25.3 Å². The van der Waals surface area contributed by atoms with Gasteiger partial charge >= 0.3 is 5.97 Å². The second-order valence-corrected chi connectivity index (χ2v) is 7.44. The molecular formula is C23H23N5O4. The van der Waals surface area contributed by atoms with Crippen LogP contribution in [0.5, 0.6) is 11.5 Å². The molecule has 1 aliphatic heterocycles. The van der Waals surface area contributed by atoms with Gasteiger partial charge in [-0.3, -0.25) is 4.79 Å². The molecule has 0 atom stereocenters. The van der Waals surface area contributed by atoms with E-state index in [1.807, 2.05) is 30.0 Å². The Bertz CT molecular complexity index is 1220. The first-order valence-corrected chi connectivity index (χ1v) is 10.3. The third-order valence-electron chi connectivity index (χ3n) is 5.38. The summed E-state index contributed by atoms with van der Waals surface area (Å²) in [5.74, 6) is 1.05. The highest BCUT2D eigenvalue weighted by molar-refractivity contribution is 5.95. The van der Waals surface area contributed by atoms with E-state index in [0.29, 0.717) is 71.2 Å². The number of benzene rings is 2. The summed E-state index contributed by atoms with van der Waals surface area (Å²) in [5, 5.41) is 19.0. The average Bonchev–Trinajstić information content (AvgIpc) is 3.24. The zero-order valence-electron chi connectivity index (χ0n) is 17.7. The maximum atomic E-state index is 10.9. The molecule has 0 spiro atoms. The number of nitrogen functional groups attached to an aromatic ring is 1. The van der Waals surface area contributed by atoms with Gasteiger partial charge in [0, 0.05) is 31.3 Å². The van der Waals surface area contributed by atoms with Gasteiger partial charge < -0.3 is 25.2 Å². The van der Waals surface area contributed by atoms with Crippen LogP contribution in [0.3, 0.4) is 0 Å². The van der Waals surface area contributed by atoms with E-state index < -0.39 is 5.97 Å². The van der Waals surface area contributed by atoms with Gasteiger partial charge in [-0.15, -0.1) is 0 Å². The molecule has 32 heavy (non-hydrogen) atoms. The van der Waals surface area contributed by atoms with Gasteiger partial charge in [0.05, 0.1) is 22.5 Å². The van der Waals surface area contributed by atoms with Crippen molar-refractivity contribution in [2.75, 3.05) is 30.5 Å². The number of nitrogens with two attached hydrogens (primary N) is 1. The Labute approximate surface area is 185 Å². The summed E-state index contributed by atoms with van der Waals surface area (Å²) < 4.78 is 10.9. The quantitative estimate of drug-likeness (QED) is 0.514. The van der Waals surface area contributed by atoms with Crippen LogP contribution in [-0.4, -0.2) is 40.9 Å². The lowest BCUT2D eigenvalue weighted by Crippen LogP contribution is -2.27. The maximum Gasteiger partial charge on any atom is 0.303 e. The van der Waals surface area contributed by atoms with Gasteiger partial charge in [0.25, 0.3) is 0 Å². The number of nitriles is 1. The highest BCUT2D eigenvalue weighted by atomic mass is 16.7. The molecule has 0 aliphatic carbocycles. The van der Waals surface area contributed by atoms with Crippen molar-refractivity contribution in [3.63, 3.8) is 0 Å². The monoisotopic (exact) mass is 433 g/mol.